The van der Waals surface area contributed by atoms with Crippen LogP contribution in [-0.4, -0.2) is 24.9 Å². The second-order valence-corrected chi connectivity index (χ2v) is 8.56. The third-order valence-electron chi connectivity index (χ3n) is 5.22. The summed E-state index contributed by atoms with van der Waals surface area (Å²) < 4.78 is 11.1. The highest BCUT2D eigenvalue weighted by molar-refractivity contribution is 5.84. The number of rotatable bonds is 3. The fraction of sp³-hybridized carbons (Fsp3) is 0.435. The van der Waals surface area contributed by atoms with E-state index >= 15 is 0 Å². The van der Waals surface area contributed by atoms with Crippen molar-refractivity contribution in [3.8, 4) is 0 Å². The van der Waals surface area contributed by atoms with Gasteiger partial charge in [0.1, 0.15) is 17.8 Å². The van der Waals surface area contributed by atoms with Gasteiger partial charge in [-0.2, -0.15) is 0 Å². The molecule has 154 valence electrons. The molecule has 2 aliphatic heterocycles. The fourth-order valence-corrected chi connectivity index (χ4v) is 3.90. The van der Waals surface area contributed by atoms with Gasteiger partial charge in [0.05, 0.1) is 13.2 Å². The van der Waals surface area contributed by atoms with Crippen LogP contribution in [0.3, 0.4) is 0 Å². The van der Waals surface area contributed by atoms with Crippen LogP contribution in [0.4, 0.5) is 10.5 Å². The van der Waals surface area contributed by atoms with Gasteiger partial charge >= 0.3 is 6.09 Å². The standard InChI is InChI=1S/C23H27NO5/c1-23(2,3)27-22(25)24-17-11-9-16(10-12-17)21-19-14-26-13-18(19)20(28-29-21)15-7-5-4-6-8-15/h4-12,18-21H,13-14H2,1-3H3,(H,24,25)/t18-,19-,20-,21+/m0/s1. The topological polar surface area (TPSA) is 66.0 Å². The number of anilines is 1. The third kappa shape index (κ3) is 4.61. The van der Waals surface area contributed by atoms with Crippen LogP contribution in [0.5, 0.6) is 0 Å². The molecular formula is C23H27NO5. The highest BCUT2D eigenvalue weighted by Crippen LogP contribution is 2.48. The van der Waals surface area contributed by atoms with Gasteiger partial charge in [0, 0.05) is 17.5 Å². The Balaban J connectivity index is 1.45. The van der Waals surface area contributed by atoms with E-state index in [2.05, 4.69) is 17.4 Å². The van der Waals surface area contributed by atoms with Crippen LogP contribution in [0.2, 0.25) is 0 Å². The number of hydrogen-bond donors (Lipinski definition) is 1. The molecule has 6 heteroatoms. The first-order valence-corrected chi connectivity index (χ1v) is 9.95. The predicted molar refractivity (Wildman–Crippen MR) is 108 cm³/mol. The van der Waals surface area contributed by atoms with Crippen molar-refractivity contribution in [1.29, 1.82) is 0 Å². The molecule has 2 fully saturated rings. The monoisotopic (exact) mass is 397 g/mol. The third-order valence-corrected chi connectivity index (χ3v) is 5.22. The smallest absolute Gasteiger partial charge is 0.412 e. The normalized spacial score (nSPS) is 26.6. The van der Waals surface area contributed by atoms with Gasteiger partial charge in [-0.05, 0) is 44.0 Å². The maximum absolute atomic E-state index is 11.9. The van der Waals surface area contributed by atoms with Gasteiger partial charge in [-0.15, -0.1) is 0 Å². The molecule has 4 atom stereocenters. The molecule has 2 heterocycles. The lowest BCUT2D eigenvalue weighted by atomic mass is 9.81. The van der Waals surface area contributed by atoms with Crippen LogP contribution in [0.15, 0.2) is 54.6 Å². The minimum Gasteiger partial charge on any atom is -0.444 e. The van der Waals surface area contributed by atoms with Gasteiger partial charge in [-0.1, -0.05) is 42.5 Å². The molecule has 2 saturated heterocycles. The fourth-order valence-electron chi connectivity index (χ4n) is 3.90. The van der Waals surface area contributed by atoms with Crippen molar-refractivity contribution in [2.24, 2.45) is 11.8 Å². The molecule has 0 aromatic heterocycles. The summed E-state index contributed by atoms with van der Waals surface area (Å²) in [6, 6.07) is 17.7. The molecule has 1 N–H and O–H groups in total. The largest absolute Gasteiger partial charge is 0.444 e. The van der Waals surface area contributed by atoms with Crippen LogP contribution in [0.1, 0.15) is 44.1 Å². The Hall–Kier alpha value is -2.41. The van der Waals surface area contributed by atoms with E-state index in [1.165, 1.54) is 0 Å². The number of fused-ring (bicyclic) bond motifs is 1. The first-order valence-electron chi connectivity index (χ1n) is 9.95. The summed E-state index contributed by atoms with van der Waals surface area (Å²) in [6.07, 6.45) is -0.816. The quantitative estimate of drug-likeness (QED) is 0.735. The number of carbonyl (C=O) groups excluding carboxylic acids is 1. The van der Waals surface area contributed by atoms with E-state index in [4.69, 9.17) is 19.2 Å². The molecule has 0 unspecified atom stereocenters. The van der Waals surface area contributed by atoms with Gasteiger partial charge in [0.25, 0.3) is 0 Å². The second-order valence-electron chi connectivity index (χ2n) is 8.56. The number of amides is 1. The zero-order valence-electron chi connectivity index (χ0n) is 17.0. The van der Waals surface area contributed by atoms with E-state index in [1.54, 1.807) is 0 Å². The number of benzene rings is 2. The molecule has 2 aromatic rings. The first-order chi connectivity index (χ1) is 13.9. The summed E-state index contributed by atoms with van der Waals surface area (Å²) in [6.45, 7) is 6.79. The van der Waals surface area contributed by atoms with E-state index in [-0.39, 0.29) is 24.0 Å². The Morgan fingerprint density at radius 3 is 2.00 bits per heavy atom. The van der Waals surface area contributed by atoms with Gasteiger partial charge in [-0.3, -0.25) is 5.32 Å². The minimum atomic E-state index is -0.538. The zero-order valence-corrected chi connectivity index (χ0v) is 17.0. The zero-order chi connectivity index (χ0) is 20.4. The lowest BCUT2D eigenvalue weighted by Gasteiger charge is -2.37. The minimum absolute atomic E-state index is 0.131. The van der Waals surface area contributed by atoms with E-state index < -0.39 is 11.7 Å². The molecule has 0 bridgehead atoms. The lowest BCUT2D eigenvalue weighted by Crippen LogP contribution is -2.34. The predicted octanol–water partition coefficient (Wildman–Crippen LogP) is 5.04. The van der Waals surface area contributed by atoms with Crippen LogP contribution < -0.4 is 5.32 Å². The van der Waals surface area contributed by atoms with Crippen molar-refractivity contribution < 1.29 is 24.0 Å². The summed E-state index contributed by atoms with van der Waals surface area (Å²) in [7, 11) is 0. The average Bonchev–Trinajstić information content (AvgIpc) is 3.17. The molecule has 2 aliphatic rings. The Labute approximate surface area is 171 Å². The number of hydrogen-bond acceptors (Lipinski definition) is 5. The summed E-state index contributed by atoms with van der Waals surface area (Å²) in [5, 5.41) is 2.75. The Morgan fingerprint density at radius 1 is 0.897 bits per heavy atom. The van der Waals surface area contributed by atoms with E-state index in [0.29, 0.717) is 18.9 Å². The molecule has 29 heavy (non-hydrogen) atoms. The summed E-state index contributed by atoms with van der Waals surface area (Å²) in [4.78, 5) is 23.6. The van der Waals surface area contributed by atoms with Gasteiger partial charge < -0.3 is 9.47 Å². The first kappa shape index (κ1) is 19.9. The number of carbonyl (C=O) groups is 1. The molecule has 0 saturated carbocycles. The van der Waals surface area contributed by atoms with Gasteiger partial charge in [-0.25, -0.2) is 14.6 Å². The Kier molecular flexibility index (Phi) is 5.58. The van der Waals surface area contributed by atoms with Crippen molar-refractivity contribution in [2.45, 2.75) is 38.6 Å². The molecule has 4 rings (SSSR count). The van der Waals surface area contributed by atoms with Crippen molar-refractivity contribution >= 4 is 11.8 Å². The Bertz CT molecular complexity index is 831. The molecule has 6 nitrogen and oxygen atoms in total. The Morgan fingerprint density at radius 2 is 1.45 bits per heavy atom. The van der Waals surface area contributed by atoms with Crippen molar-refractivity contribution in [2.75, 3.05) is 18.5 Å². The van der Waals surface area contributed by atoms with Crippen molar-refractivity contribution in [1.82, 2.24) is 0 Å². The van der Waals surface area contributed by atoms with Gasteiger partial charge in [0.15, 0.2) is 0 Å². The summed E-state index contributed by atoms with van der Waals surface area (Å²) in [5.41, 5.74) is 2.22. The highest BCUT2D eigenvalue weighted by Gasteiger charge is 2.46. The van der Waals surface area contributed by atoms with Crippen molar-refractivity contribution in [3.63, 3.8) is 0 Å². The summed E-state index contributed by atoms with van der Waals surface area (Å²) >= 11 is 0. The van der Waals surface area contributed by atoms with Crippen LogP contribution >= 0.6 is 0 Å². The molecule has 0 spiro atoms. The maximum atomic E-state index is 11.9. The summed E-state index contributed by atoms with van der Waals surface area (Å²) in [5.74, 6) is 0.439. The number of nitrogens with one attached hydrogen (secondary N) is 1. The SMILES string of the molecule is CC(C)(C)OC(=O)Nc1ccc([C@H]2OO[C@@H](c3ccccc3)[C@H]3COC[C@@H]32)cc1. The molecular weight excluding hydrogens is 370 g/mol. The maximum Gasteiger partial charge on any atom is 0.412 e. The molecule has 1 amide bonds. The van der Waals surface area contributed by atoms with E-state index in [9.17, 15) is 4.79 Å². The van der Waals surface area contributed by atoms with Crippen molar-refractivity contribution in [3.05, 3.63) is 65.7 Å². The lowest BCUT2D eigenvalue weighted by molar-refractivity contribution is -0.403. The molecule has 0 aliphatic carbocycles. The van der Waals surface area contributed by atoms with Crippen LogP contribution in [0, 0.1) is 11.8 Å². The molecule has 2 aromatic carbocycles. The van der Waals surface area contributed by atoms with Crippen LogP contribution in [-0.2, 0) is 19.2 Å². The number of ether oxygens (including phenoxy) is 2. The van der Waals surface area contributed by atoms with Crippen LogP contribution in [0.25, 0.3) is 0 Å². The highest BCUT2D eigenvalue weighted by atomic mass is 17.2. The van der Waals surface area contributed by atoms with E-state index in [0.717, 1.165) is 11.1 Å². The van der Waals surface area contributed by atoms with E-state index in [1.807, 2.05) is 63.2 Å². The molecule has 0 radical (unpaired) electrons. The second kappa shape index (κ2) is 8.14. The van der Waals surface area contributed by atoms with Gasteiger partial charge in [0.2, 0.25) is 0 Å². The average molecular weight is 397 g/mol.